The number of halogens is 1. The molecule has 1 atom stereocenters. The van der Waals surface area contributed by atoms with Gasteiger partial charge in [0.15, 0.2) is 0 Å². The van der Waals surface area contributed by atoms with E-state index >= 15 is 0 Å². The Morgan fingerprint density at radius 1 is 1.35 bits per heavy atom. The van der Waals surface area contributed by atoms with E-state index in [2.05, 4.69) is 10.2 Å². The normalized spacial score (nSPS) is 19.2. The molecular formula is C13H20FN3. The minimum Gasteiger partial charge on any atom is -0.324 e. The molecule has 3 nitrogen and oxygen atoms in total. The van der Waals surface area contributed by atoms with Crippen molar-refractivity contribution in [2.45, 2.75) is 12.5 Å². The fourth-order valence-electron chi connectivity index (χ4n) is 2.16. The Morgan fingerprint density at radius 3 is 2.82 bits per heavy atom. The van der Waals surface area contributed by atoms with Crippen LogP contribution in [0.2, 0.25) is 0 Å². The maximum atomic E-state index is 13.0. The first-order valence-corrected chi connectivity index (χ1v) is 6.20. The second-order valence-electron chi connectivity index (χ2n) is 4.54. The molecule has 2 rings (SSSR count). The lowest BCUT2D eigenvalue weighted by atomic mass is 10.0. The van der Waals surface area contributed by atoms with Gasteiger partial charge in [0.2, 0.25) is 0 Å². The van der Waals surface area contributed by atoms with Crippen molar-refractivity contribution in [1.29, 1.82) is 0 Å². The Bertz CT molecular complexity index is 350. The summed E-state index contributed by atoms with van der Waals surface area (Å²) in [4.78, 5) is 2.40. The van der Waals surface area contributed by atoms with E-state index in [0.717, 1.165) is 44.7 Å². The van der Waals surface area contributed by atoms with Crippen molar-refractivity contribution in [2.24, 2.45) is 5.73 Å². The van der Waals surface area contributed by atoms with Crippen LogP contribution in [-0.2, 0) is 0 Å². The van der Waals surface area contributed by atoms with Gasteiger partial charge in [-0.05, 0) is 24.1 Å². The molecule has 17 heavy (non-hydrogen) atoms. The summed E-state index contributed by atoms with van der Waals surface area (Å²) in [6, 6.07) is 6.52. The van der Waals surface area contributed by atoms with Gasteiger partial charge in [-0.2, -0.15) is 0 Å². The van der Waals surface area contributed by atoms with Gasteiger partial charge in [0.25, 0.3) is 0 Å². The highest BCUT2D eigenvalue weighted by Crippen LogP contribution is 2.15. The molecule has 1 fully saturated rings. The zero-order valence-corrected chi connectivity index (χ0v) is 10.0. The maximum absolute atomic E-state index is 13.0. The summed E-state index contributed by atoms with van der Waals surface area (Å²) in [5.41, 5.74) is 6.96. The van der Waals surface area contributed by atoms with Crippen LogP contribution in [0.3, 0.4) is 0 Å². The summed E-state index contributed by atoms with van der Waals surface area (Å²) in [7, 11) is 0. The van der Waals surface area contributed by atoms with Crippen molar-refractivity contribution >= 4 is 0 Å². The van der Waals surface area contributed by atoms with Crippen molar-refractivity contribution < 1.29 is 4.39 Å². The molecule has 3 N–H and O–H groups in total. The highest BCUT2D eigenvalue weighted by atomic mass is 19.1. The van der Waals surface area contributed by atoms with Crippen molar-refractivity contribution in [3.05, 3.63) is 35.6 Å². The number of rotatable bonds is 4. The van der Waals surface area contributed by atoms with Gasteiger partial charge in [0.1, 0.15) is 5.82 Å². The summed E-state index contributed by atoms with van der Waals surface area (Å²) >= 11 is 0. The molecule has 1 aliphatic heterocycles. The van der Waals surface area contributed by atoms with Gasteiger partial charge >= 0.3 is 0 Å². The number of piperazine rings is 1. The Morgan fingerprint density at radius 2 is 2.12 bits per heavy atom. The molecule has 1 heterocycles. The molecule has 0 radical (unpaired) electrons. The first-order valence-electron chi connectivity index (χ1n) is 6.20. The molecule has 4 heteroatoms. The molecule has 0 aromatic heterocycles. The van der Waals surface area contributed by atoms with Crippen LogP contribution in [-0.4, -0.2) is 37.6 Å². The molecule has 94 valence electrons. The van der Waals surface area contributed by atoms with E-state index in [1.165, 1.54) is 12.1 Å². The average molecular weight is 237 g/mol. The van der Waals surface area contributed by atoms with Gasteiger partial charge in [0.05, 0.1) is 0 Å². The van der Waals surface area contributed by atoms with Crippen LogP contribution in [0.1, 0.15) is 18.0 Å². The molecule has 1 aliphatic rings. The first-order chi connectivity index (χ1) is 8.25. The molecule has 0 bridgehead atoms. The molecule has 1 aromatic rings. The van der Waals surface area contributed by atoms with Gasteiger partial charge < -0.3 is 16.0 Å². The third-order valence-corrected chi connectivity index (χ3v) is 3.24. The van der Waals surface area contributed by atoms with Crippen LogP contribution in [0, 0.1) is 5.82 Å². The summed E-state index contributed by atoms with van der Waals surface area (Å²) in [5, 5.41) is 3.32. The molecule has 0 amide bonds. The van der Waals surface area contributed by atoms with E-state index < -0.39 is 0 Å². The highest BCUT2D eigenvalue weighted by molar-refractivity contribution is 5.19. The third kappa shape index (κ3) is 3.77. The predicted octanol–water partition coefficient (Wildman–Crippen LogP) is 1.12. The van der Waals surface area contributed by atoms with E-state index in [-0.39, 0.29) is 11.9 Å². The summed E-state index contributed by atoms with van der Waals surface area (Å²) in [6.07, 6.45) is 0.878. The van der Waals surface area contributed by atoms with E-state index in [1.807, 2.05) is 6.07 Å². The molecule has 1 aromatic carbocycles. The molecule has 0 aliphatic carbocycles. The standard InChI is InChI=1S/C13H20FN3/c14-12-3-1-2-11(10-12)13(15)4-7-17-8-5-16-6-9-17/h1-3,10,13,16H,4-9,15H2. The number of nitrogens with zero attached hydrogens (tertiary/aromatic N) is 1. The van der Waals surface area contributed by atoms with Gasteiger partial charge in [-0.25, -0.2) is 4.39 Å². The lowest BCUT2D eigenvalue weighted by Gasteiger charge is -2.28. The minimum atomic E-state index is -0.208. The van der Waals surface area contributed by atoms with E-state index in [4.69, 9.17) is 5.73 Å². The second-order valence-corrected chi connectivity index (χ2v) is 4.54. The Hall–Kier alpha value is -0.970. The van der Waals surface area contributed by atoms with Gasteiger partial charge in [0, 0.05) is 38.8 Å². The summed E-state index contributed by atoms with van der Waals surface area (Å²) < 4.78 is 13.0. The smallest absolute Gasteiger partial charge is 0.123 e. The monoisotopic (exact) mass is 237 g/mol. The molecular weight excluding hydrogens is 217 g/mol. The molecule has 0 spiro atoms. The quantitative estimate of drug-likeness (QED) is 0.824. The van der Waals surface area contributed by atoms with Crippen LogP contribution in [0.25, 0.3) is 0 Å². The molecule has 1 saturated heterocycles. The summed E-state index contributed by atoms with van der Waals surface area (Å²) in [5.74, 6) is -0.208. The predicted molar refractivity (Wildman–Crippen MR) is 67.3 cm³/mol. The fraction of sp³-hybridized carbons (Fsp3) is 0.538. The number of benzene rings is 1. The lowest BCUT2D eigenvalue weighted by molar-refractivity contribution is 0.233. The Balaban J connectivity index is 1.82. The largest absolute Gasteiger partial charge is 0.324 e. The van der Waals surface area contributed by atoms with Gasteiger partial charge in [-0.15, -0.1) is 0 Å². The van der Waals surface area contributed by atoms with E-state index in [9.17, 15) is 4.39 Å². The SMILES string of the molecule is NC(CCN1CCNCC1)c1cccc(F)c1. The number of hydrogen-bond acceptors (Lipinski definition) is 3. The molecule has 0 saturated carbocycles. The lowest BCUT2D eigenvalue weighted by Crippen LogP contribution is -2.44. The van der Waals surface area contributed by atoms with Crippen molar-refractivity contribution in [2.75, 3.05) is 32.7 Å². The van der Waals surface area contributed by atoms with Crippen LogP contribution in [0.5, 0.6) is 0 Å². The van der Waals surface area contributed by atoms with Crippen LogP contribution in [0.4, 0.5) is 4.39 Å². The minimum absolute atomic E-state index is 0.0689. The zero-order valence-electron chi connectivity index (χ0n) is 10.0. The number of hydrogen-bond donors (Lipinski definition) is 2. The third-order valence-electron chi connectivity index (χ3n) is 3.24. The zero-order chi connectivity index (χ0) is 12.1. The first kappa shape index (κ1) is 12.5. The summed E-state index contributed by atoms with van der Waals surface area (Å²) in [6.45, 7) is 5.25. The topological polar surface area (TPSA) is 41.3 Å². The fourth-order valence-corrected chi connectivity index (χ4v) is 2.16. The van der Waals surface area contributed by atoms with Crippen molar-refractivity contribution in [3.63, 3.8) is 0 Å². The van der Waals surface area contributed by atoms with E-state index in [1.54, 1.807) is 6.07 Å². The van der Waals surface area contributed by atoms with Crippen LogP contribution < -0.4 is 11.1 Å². The van der Waals surface area contributed by atoms with Crippen molar-refractivity contribution in [1.82, 2.24) is 10.2 Å². The second kappa shape index (κ2) is 6.10. The number of nitrogens with two attached hydrogens (primary N) is 1. The Kier molecular flexibility index (Phi) is 4.48. The number of nitrogens with one attached hydrogen (secondary N) is 1. The van der Waals surface area contributed by atoms with Gasteiger partial charge in [-0.3, -0.25) is 0 Å². The van der Waals surface area contributed by atoms with Crippen LogP contribution in [0.15, 0.2) is 24.3 Å². The van der Waals surface area contributed by atoms with E-state index in [0.29, 0.717) is 0 Å². The van der Waals surface area contributed by atoms with Crippen molar-refractivity contribution in [3.8, 4) is 0 Å². The van der Waals surface area contributed by atoms with Crippen LogP contribution >= 0.6 is 0 Å². The maximum Gasteiger partial charge on any atom is 0.123 e. The highest BCUT2D eigenvalue weighted by Gasteiger charge is 2.12. The molecule has 1 unspecified atom stereocenters. The van der Waals surface area contributed by atoms with Gasteiger partial charge in [-0.1, -0.05) is 12.1 Å². The average Bonchev–Trinajstić information content (AvgIpc) is 2.37. The Labute approximate surface area is 102 Å².